The van der Waals surface area contributed by atoms with Crippen LogP contribution in [0.15, 0.2) is 16.7 Å². The van der Waals surface area contributed by atoms with Crippen molar-refractivity contribution in [2.45, 2.75) is 25.4 Å². The van der Waals surface area contributed by atoms with E-state index in [1.807, 2.05) is 0 Å². The first-order valence-electron chi connectivity index (χ1n) is 4.59. The van der Waals surface area contributed by atoms with Gasteiger partial charge < -0.3 is 14.6 Å². The number of hydrogen-bond donors (Lipinski definition) is 2. The van der Waals surface area contributed by atoms with Crippen molar-refractivity contribution in [3.63, 3.8) is 0 Å². The Bertz CT molecular complexity index is 368. The van der Waals surface area contributed by atoms with Crippen molar-refractivity contribution in [2.75, 3.05) is 0 Å². The highest BCUT2D eigenvalue weighted by Crippen LogP contribution is 2.40. The van der Waals surface area contributed by atoms with Gasteiger partial charge in [0.2, 0.25) is 5.60 Å². The molecule has 1 aromatic rings. The highest BCUT2D eigenvalue weighted by Gasteiger charge is 2.49. The Morgan fingerprint density at radius 1 is 1.71 bits per heavy atom. The van der Waals surface area contributed by atoms with E-state index < -0.39 is 11.6 Å². The van der Waals surface area contributed by atoms with E-state index in [9.17, 15) is 9.90 Å². The molecule has 0 spiro atoms. The summed E-state index contributed by atoms with van der Waals surface area (Å²) in [5, 5.41) is 19.1. The maximum atomic E-state index is 11.0. The van der Waals surface area contributed by atoms with Gasteiger partial charge in [-0.25, -0.2) is 4.79 Å². The molecule has 0 aromatic carbocycles. The van der Waals surface area contributed by atoms with Gasteiger partial charge in [0.05, 0.1) is 6.26 Å². The molecule has 0 aliphatic heterocycles. The average Bonchev–Trinajstić information content (AvgIpc) is 2.59. The second-order valence-electron chi connectivity index (χ2n) is 3.79. The Hall–Kier alpha value is -1.29. The summed E-state index contributed by atoms with van der Waals surface area (Å²) in [7, 11) is 0. The largest absolute Gasteiger partial charge is 0.479 e. The first-order valence-corrected chi connectivity index (χ1v) is 4.59. The molecule has 0 amide bonds. The lowest BCUT2D eigenvalue weighted by Crippen LogP contribution is -2.44. The van der Waals surface area contributed by atoms with E-state index in [4.69, 9.17) is 9.52 Å². The Morgan fingerprint density at radius 2 is 2.43 bits per heavy atom. The maximum absolute atomic E-state index is 11.0. The fraction of sp³-hybridized carbons (Fsp3) is 0.500. The Labute approximate surface area is 81.2 Å². The molecule has 2 unspecified atom stereocenters. The SMILES string of the molecule is CC1CCc2ccoc2C1(O)C(=O)O. The average molecular weight is 196 g/mol. The van der Waals surface area contributed by atoms with Crippen molar-refractivity contribution in [3.05, 3.63) is 23.7 Å². The van der Waals surface area contributed by atoms with Gasteiger partial charge in [-0.1, -0.05) is 6.92 Å². The van der Waals surface area contributed by atoms with Gasteiger partial charge in [-0.2, -0.15) is 0 Å². The van der Waals surface area contributed by atoms with E-state index in [0.29, 0.717) is 6.42 Å². The zero-order chi connectivity index (χ0) is 10.3. The summed E-state index contributed by atoms with van der Waals surface area (Å²) in [5.41, 5.74) is -1.05. The van der Waals surface area contributed by atoms with E-state index in [2.05, 4.69) is 0 Å². The monoisotopic (exact) mass is 196 g/mol. The van der Waals surface area contributed by atoms with Gasteiger partial charge in [0, 0.05) is 5.92 Å². The molecular formula is C10H12O4. The van der Waals surface area contributed by atoms with Gasteiger partial charge in [-0.15, -0.1) is 0 Å². The highest BCUT2D eigenvalue weighted by atomic mass is 16.4. The third kappa shape index (κ3) is 1.00. The van der Waals surface area contributed by atoms with Gasteiger partial charge in [0.15, 0.2) is 0 Å². The number of aliphatic carboxylic acids is 1. The van der Waals surface area contributed by atoms with Crippen LogP contribution in [-0.2, 0) is 16.8 Å². The topological polar surface area (TPSA) is 70.7 Å². The van der Waals surface area contributed by atoms with Crippen LogP contribution in [0.25, 0.3) is 0 Å². The lowest BCUT2D eigenvalue weighted by atomic mass is 9.76. The molecule has 0 fully saturated rings. The van der Waals surface area contributed by atoms with Crippen molar-refractivity contribution >= 4 is 5.97 Å². The van der Waals surface area contributed by atoms with Crippen LogP contribution in [0.5, 0.6) is 0 Å². The van der Waals surface area contributed by atoms with Gasteiger partial charge in [-0.3, -0.25) is 0 Å². The second-order valence-corrected chi connectivity index (χ2v) is 3.79. The van der Waals surface area contributed by atoms with E-state index in [1.54, 1.807) is 13.0 Å². The Morgan fingerprint density at radius 3 is 3.07 bits per heavy atom. The summed E-state index contributed by atoms with van der Waals surface area (Å²) < 4.78 is 5.07. The van der Waals surface area contributed by atoms with E-state index in [-0.39, 0.29) is 11.7 Å². The van der Waals surface area contributed by atoms with Crippen molar-refractivity contribution in [1.82, 2.24) is 0 Å². The number of fused-ring (bicyclic) bond motifs is 1. The zero-order valence-corrected chi connectivity index (χ0v) is 7.86. The van der Waals surface area contributed by atoms with Crippen LogP contribution in [0.4, 0.5) is 0 Å². The fourth-order valence-corrected chi connectivity index (χ4v) is 1.98. The zero-order valence-electron chi connectivity index (χ0n) is 7.86. The lowest BCUT2D eigenvalue weighted by Gasteiger charge is -2.32. The van der Waals surface area contributed by atoms with E-state index in [0.717, 1.165) is 12.0 Å². The number of aliphatic hydroxyl groups is 1. The number of carboxylic acids is 1. The van der Waals surface area contributed by atoms with Gasteiger partial charge >= 0.3 is 5.97 Å². The fourth-order valence-electron chi connectivity index (χ4n) is 1.98. The van der Waals surface area contributed by atoms with Gasteiger partial charge in [0.1, 0.15) is 5.76 Å². The molecule has 76 valence electrons. The standard InChI is InChI=1S/C10H12O4/c1-6-2-3-7-4-5-14-8(7)10(6,13)9(11)12/h4-6,13H,2-3H2,1H3,(H,11,12). The van der Waals surface area contributed by atoms with Crippen LogP contribution in [0, 0.1) is 5.92 Å². The van der Waals surface area contributed by atoms with Crippen molar-refractivity contribution < 1.29 is 19.4 Å². The summed E-state index contributed by atoms with van der Waals surface area (Å²) in [5.74, 6) is -1.36. The summed E-state index contributed by atoms with van der Waals surface area (Å²) in [6.07, 6.45) is 2.86. The molecule has 2 N–H and O–H groups in total. The van der Waals surface area contributed by atoms with Crippen LogP contribution in [0.3, 0.4) is 0 Å². The second kappa shape index (κ2) is 2.85. The summed E-state index contributed by atoms with van der Waals surface area (Å²) in [6, 6.07) is 1.72. The molecule has 1 heterocycles. The number of rotatable bonds is 1. The van der Waals surface area contributed by atoms with Crippen LogP contribution in [0.1, 0.15) is 24.7 Å². The molecule has 14 heavy (non-hydrogen) atoms. The van der Waals surface area contributed by atoms with E-state index >= 15 is 0 Å². The molecule has 1 aliphatic rings. The molecule has 2 atom stereocenters. The van der Waals surface area contributed by atoms with Crippen molar-refractivity contribution in [1.29, 1.82) is 0 Å². The third-order valence-corrected chi connectivity index (χ3v) is 2.98. The first-order chi connectivity index (χ1) is 6.56. The molecule has 2 rings (SSSR count). The predicted octanol–water partition coefficient (Wildman–Crippen LogP) is 1.13. The third-order valence-electron chi connectivity index (χ3n) is 2.98. The molecule has 1 aliphatic carbocycles. The highest BCUT2D eigenvalue weighted by molar-refractivity contribution is 5.79. The normalized spacial score (nSPS) is 31.1. The minimum absolute atomic E-state index is 0.198. The van der Waals surface area contributed by atoms with Gasteiger partial charge in [0.25, 0.3) is 0 Å². The molecule has 0 saturated heterocycles. The lowest BCUT2D eigenvalue weighted by molar-refractivity contribution is -0.170. The number of furan rings is 1. The quantitative estimate of drug-likeness (QED) is 0.706. The van der Waals surface area contributed by atoms with Crippen LogP contribution >= 0.6 is 0 Å². The molecule has 0 radical (unpaired) electrons. The van der Waals surface area contributed by atoms with Crippen molar-refractivity contribution in [2.24, 2.45) is 5.92 Å². The number of carbonyl (C=O) groups is 1. The Kier molecular flexibility index (Phi) is 1.89. The minimum atomic E-state index is -1.85. The van der Waals surface area contributed by atoms with Crippen LogP contribution in [0.2, 0.25) is 0 Å². The first kappa shape index (κ1) is 9.27. The maximum Gasteiger partial charge on any atom is 0.344 e. The van der Waals surface area contributed by atoms with Crippen LogP contribution < -0.4 is 0 Å². The molecule has 0 bridgehead atoms. The summed E-state index contributed by atoms with van der Waals surface area (Å²) in [4.78, 5) is 11.0. The molecule has 0 saturated carbocycles. The summed E-state index contributed by atoms with van der Waals surface area (Å²) in [6.45, 7) is 1.72. The predicted molar refractivity (Wildman–Crippen MR) is 47.7 cm³/mol. The Balaban J connectivity index is 2.56. The molecule has 1 aromatic heterocycles. The van der Waals surface area contributed by atoms with Crippen molar-refractivity contribution in [3.8, 4) is 0 Å². The number of aryl methyl sites for hydroxylation is 1. The molecular weight excluding hydrogens is 184 g/mol. The number of carboxylic acid groups (broad SMARTS) is 1. The van der Waals surface area contributed by atoms with E-state index in [1.165, 1.54) is 6.26 Å². The summed E-state index contributed by atoms with van der Waals surface area (Å²) >= 11 is 0. The molecule has 4 nitrogen and oxygen atoms in total. The van der Waals surface area contributed by atoms with Gasteiger partial charge in [-0.05, 0) is 24.5 Å². The molecule has 4 heteroatoms. The number of hydrogen-bond acceptors (Lipinski definition) is 3. The smallest absolute Gasteiger partial charge is 0.344 e. The minimum Gasteiger partial charge on any atom is -0.479 e. The van der Waals surface area contributed by atoms with Crippen LogP contribution in [-0.4, -0.2) is 16.2 Å².